The second-order valence-corrected chi connectivity index (χ2v) is 9.25. The van der Waals surface area contributed by atoms with E-state index in [4.69, 9.17) is 14.2 Å². The van der Waals surface area contributed by atoms with Crippen LogP contribution < -0.4 is 4.74 Å². The van der Waals surface area contributed by atoms with E-state index in [0.717, 1.165) is 24.4 Å². The van der Waals surface area contributed by atoms with Gasteiger partial charge in [-0.05, 0) is 50.3 Å². The summed E-state index contributed by atoms with van der Waals surface area (Å²) in [4.78, 5) is 2.36. The van der Waals surface area contributed by atoms with Crippen LogP contribution >= 0.6 is 0 Å². The maximum atomic E-state index is 12.1. The molecule has 6 heteroatoms. The van der Waals surface area contributed by atoms with E-state index in [1.807, 2.05) is 6.07 Å². The Labute approximate surface area is 165 Å². The van der Waals surface area contributed by atoms with E-state index in [1.54, 1.807) is 0 Å². The van der Waals surface area contributed by atoms with Crippen molar-refractivity contribution in [3.63, 3.8) is 0 Å². The molecule has 1 aromatic rings. The fourth-order valence-electron chi connectivity index (χ4n) is 6.16. The minimum atomic E-state index is -0.902. The highest BCUT2D eigenvalue weighted by molar-refractivity contribution is 5.60. The van der Waals surface area contributed by atoms with Gasteiger partial charge in [-0.15, -0.1) is 0 Å². The Kier molecular flexibility index (Phi) is 3.51. The van der Waals surface area contributed by atoms with Crippen LogP contribution in [0.25, 0.3) is 0 Å². The number of hydrogen-bond acceptors (Lipinski definition) is 6. The van der Waals surface area contributed by atoms with Crippen molar-refractivity contribution in [2.24, 2.45) is 5.92 Å². The van der Waals surface area contributed by atoms with E-state index >= 15 is 0 Å². The van der Waals surface area contributed by atoms with Gasteiger partial charge in [0.1, 0.15) is 11.8 Å². The number of likely N-dealkylation sites (N-methyl/N-ethyl adjacent to an activating group) is 1. The first-order valence-corrected chi connectivity index (χ1v) is 10.5. The summed E-state index contributed by atoms with van der Waals surface area (Å²) in [7, 11) is 2.15. The monoisotopic (exact) mass is 382 g/mol. The van der Waals surface area contributed by atoms with E-state index < -0.39 is 17.5 Å². The molecule has 3 aliphatic carbocycles. The number of nitrogens with zero attached hydrogens (tertiary/aromatic N) is 2. The minimum Gasteiger partial charge on any atom is -0.482 e. The van der Waals surface area contributed by atoms with E-state index in [1.165, 1.54) is 18.4 Å². The molecule has 6 nitrogen and oxygen atoms in total. The summed E-state index contributed by atoms with van der Waals surface area (Å²) < 4.78 is 18.5. The van der Waals surface area contributed by atoms with Crippen molar-refractivity contribution in [2.75, 3.05) is 26.8 Å². The van der Waals surface area contributed by atoms with Gasteiger partial charge in [0.2, 0.25) is 5.79 Å². The summed E-state index contributed by atoms with van der Waals surface area (Å²) in [5, 5.41) is 21.7. The Morgan fingerprint density at radius 2 is 2.04 bits per heavy atom. The molecule has 5 aliphatic rings. The van der Waals surface area contributed by atoms with Crippen LogP contribution in [-0.4, -0.2) is 60.3 Å². The summed E-state index contributed by atoms with van der Waals surface area (Å²) >= 11 is 0. The van der Waals surface area contributed by atoms with Gasteiger partial charge in [0.05, 0.1) is 30.3 Å². The van der Waals surface area contributed by atoms with E-state index in [2.05, 4.69) is 24.1 Å². The molecule has 0 radical (unpaired) electrons. The molecule has 6 rings (SSSR count). The highest BCUT2D eigenvalue weighted by atomic mass is 16.8. The third kappa shape index (κ3) is 2.16. The molecule has 1 N–H and O–H groups in total. The molecular weight excluding hydrogens is 356 g/mol. The molecule has 1 spiro atoms. The van der Waals surface area contributed by atoms with E-state index in [-0.39, 0.29) is 12.0 Å². The molecule has 0 aromatic heterocycles. The molecule has 2 aliphatic heterocycles. The first kappa shape index (κ1) is 17.2. The molecular formula is C22H26N2O4. The molecule has 2 saturated carbocycles. The maximum absolute atomic E-state index is 12.1. The summed E-state index contributed by atoms with van der Waals surface area (Å²) in [6.45, 7) is 2.12. The van der Waals surface area contributed by atoms with Crippen molar-refractivity contribution < 1.29 is 19.3 Å². The first-order chi connectivity index (χ1) is 13.6. The van der Waals surface area contributed by atoms with Gasteiger partial charge in [0.25, 0.3) is 0 Å². The molecule has 4 unspecified atom stereocenters. The quantitative estimate of drug-likeness (QED) is 0.861. The number of nitriles is 1. The largest absolute Gasteiger partial charge is 0.482 e. The van der Waals surface area contributed by atoms with Gasteiger partial charge in [0, 0.05) is 24.6 Å². The summed E-state index contributed by atoms with van der Waals surface area (Å²) in [5.41, 5.74) is 1.84. The lowest BCUT2D eigenvalue weighted by Crippen LogP contribution is -2.67. The first-order valence-electron chi connectivity index (χ1n) is 10.5. The predicted molar refractivity (Wildman–Crippen MR) is 100.0 cm³/mol. The normalized spacial score (nSPS) is 37.0. The number of fused-ring (bicyclic) bond motifs is 1. The van der Waals surface area contributed by atoms with Crippen LogP contribution in [0.5, 0.6) is 5.75 Å². The van der Waals surface area contributed by atoms with Gasteiger partial charge >= 0.3 is 0 Å². The standard InChI is InChI=1S/C22H26N2O4/c1-24(12-13-2-3-13)16-10-14-4-5-15(11-23)19-17(14)18-20(28-19)22(26-8-9-27-22)7-6-21(16,18)25/h4-5,13,16,18,20,25H,2-3,6-10,12H2,1H3. The molecule has 2 heterocycles. The summed E-state index contributed by atoms with van der Waals surface area (Å²) in [5.74, 6) is 0.366. The third-order valence-electron chi connectivity index (χ3n) is 7.65. The molecule has 1 aromatic carbocycles. The van der Waals surface area contributed by atoms with E-state index in [0.29, 0.717) is 37.4 Å². The Balaban J connectivity index is 1.49. The molecule has 148 valence electrons. The van der Waals surface area contributed by atoms with Crippen LogP contribution in [0, 0.1) is 17.2 Å². The van der Waals surface area contributed by atoms with Crippen LogP contribution in [0.15, 0.2) is 12.1 Å². The molecule has 4 atom stereocenters. The van der Waals surface area contributed by atoms with Gasteiger partial charge in [-0.2, -0.15) is 5.26 Å². The lowest BCUT2D eigenvalue weighted by atomic mass is 9.60. The molecule has 1 saturated heterocycles. The highest BCUT2D eigenvalue weighted by Crippen LogP contribution is 2.61. The Bertz CT molecular complexity index is 870. The Morgan fingerprint density at radius 1 is 1.25 bits per heavy atom. The van der Waals surface area contributed by atoms with Crippen molar-refractivity contribution in [1.82, 2.24) is 4.90 Å². The fourth-order valence-corrected chi connectivity index (χ4v) is 6.16. The van der Waals surface area contributed by atoms with Crippen molar-refractivity contribution in [1.29, 1.82) is 5.26 Å². The van der Waals surface area contributed by atoms with Crippen molar-refractivity contribution in [3.05, 3.63) is 28.8 Å². The van der Waals surface area contributed by atoms with Gasteiger partial charge < -0.3 is 19.3 Å². The van der Waals surface area contributed by atoms with E-state index in [9.17, 15) is 10.4 Å². The number of hydrogen-bond donors (Lipinski definition) is 1. The van der Waals surface area contributed by atoms with Crippen LogP contribution in [0.3, 0.4) is 0 Å². The summed E-state index contributed by atoms with van der Waals surface area (Å²) in [6, 6.07) is 6.21. The second-order valence-electron chi connectivity index (χ2n) is 9.25. The Morgan fingerprint density at radius 3 is 2.75 bits per heavy atom. The number of ether oxygens (including phenoxy) is 3. The minimum absolute atomic E-state index is 0.0364. The van der Waals surface area contributed by atoms with Gasteiger partial charge in [-0.3, -0.25) is 4.90 Å². The highest BCUT2D eigenvalue weighted by Gasteiger charge is 2.67. The van der Waals surface area contributed by atoms with Gasteiger partial charge in [-0.25, -0.2) is 0 Å². The zero-order valence-corrected chi connectivity index (χ0v) is 16.2. The maximum Gasteiger partial charge on any atom is 0.206 e. The van der Waals surface area contributed by atoms with Crippen molar-refractivity contribution in [2.45, 2.75) is 61.6 Å². The topological polar surface area (TPSA) is 75.0 Å². The third-order valence-corrected chi connectivity index (χ3v) is 7.65. The van der Waals surface area contributed by atoms with Crippen LogP contribution in [0.2, 0.25) is 0 Å². The van der Waals surface area contributed by atoms with Gasteiger partial charge in [0.15, 0.2) is 6.10 Å². The number of benzene rings is 1. The van der Waals surface area contributed by atoms with Gasteiger partial charge in [-0.1, -0.05) is 6.07 Å². The lowest BCUT2D eigenvalue weighted by Gasteiger charge is -2.55. The molecule has 0 amide bonds. The SMILES string of the molecule is CN(CC1CC1)C1Cc2ccc(C#N)c3c2C2C(O3)C3(CCC21O)OCCO3. The predicted octanol–water partition coefficient (Wildman–Crippen LogP) is 1.94. The van der Waals surface area contributed by atoms with Crippen LogP contribution in [0.1, 0.15) is 48.3 Å². The molecule has 0 bridgehead atoms. The fraction of sp³-hybridized carbons (Fsp3) is 0.682. The van der Waals surface area contributed by atoms with Crippen molar-refractivity contribution >= 4 is 0 Å². The zero-order chi connectivity index (χ0) is 19.1. The van der Waals surface area contributed by atoms with Crippen LogP contribution in [0.4, 0.5) is 0 Å². The van der Waals surface area contributed by atoms with Crippen molar-refractivity contribution in [3.8, 4) is 11.8 Å². The smallest absolute Gasteiger partial charge is 0.206 e. The number of aliphatic hydroxyl groups is 1. The van der Waals surface area contributed by atoms with Crippen LogP contribution in [-0.2, 0) is 15.9 Å². The zero-order valence-electron chi connectivity index (χ0n) is 16.2. The number of rotatable bonds is 3. The Hall–Kier alpha value is -1.65. The lowest BCUT2D eigenvalue weighted by molar-refractivity contribution is -0.262. The molecule has 28 heavy (non-hydrogen) atoms. The average Bonchev–Trinajstić information content (AvgIpc) is 3.21. The average molecular weight is 382 g/mol. The molecule has 3 fully saturated rings. The second kappa shape index (κ2) is 5.70. The summed E-state index contributed by atoms with van der Waals surface area (Å²) in [6.07, 6.45) is 4.20.